The van der Waals surface area contributed by atoms with Crippen molar-refractivity contribution in [1.82, 2.24) is 19.2 Å². The summed E-state index contributed by atoms with van der Waals surface area (Å²) in [6.45, 7) is 5.59. The lowest BCUT2D eigenvalue weighted by Crippen LogP contribution is -2.58. The molecule has 5 rings (SSSR count). The second-order valence-electron chi connectivity index (χ2n) is 8.28. The van der Waals surface area contributed by atoms with Gasteiger partial charge in [0.1, 0.15) is 5.65 Å². The van der Waals surface area contributed by atoms with Crippen molar-refractivity contribution in [3.63, 3.8) is 0 Å². The summed E-state index contributed by atoms with van der Waals surface area (Å²) in [6.07, 6.45) is 7.13. The van der Waals surface area contributed by atoms with Crippen LogP contribution in [-0.2, 0) is 6.54 Å². The van der Waals surface area contributed by atoms with Crippen LogP contribution in [0.2, 0.25) is 5.02 Å². The number of nitrogens with zero attached hydrogens (tertiary/aromatic N) is 4. The van der Waals surface area contributed by atoms with E-state index >= 15 is 0 Å². The lowest BCUT2D eigenvalue weighted by Gasteiger charge is -2.52. The fraction of sp³-hybridized carbons (Fsp3) is 0.600. The summed E-state index contributed by atoms with van der Waals surface area (Å²) in [5.74, 6) is 1.55. The minimum atomic E-state index is -0.0526. The van der Waals surface area contributed by atoms with Gasteiger partial charge in [-0.2, -0.15) is 0 Å². The van der Waals surface area contributed by atoms with Crippen LogP contribution in [0.1, 0.15) is 31.4 Å². The topological polar surface area (TPSA) is 40.9 Å². The zero-order chi connectivity index (χ0) is 17.7. The molecule has 3 atom stereocenters. The minimum Gasteiger partial charge on any atom is -0.300 e. The molecule has 0 aromatic carbocycles. The Bertz CT molecular complexity index is 882. The predicted molar refractivity (Wildman–Crippen MR) is 103 cm³/mol. The Morgan fingerprint density at radius 2 is 2.12 bits per heavy atom. The molecule has 6 heteroatoms. The molecule has 5 heterocycles. The largest absolute Gasteiger partial charge is 0.300 e. The van der Waals surface area contributed by atoms with Gasteiger partial charge in [-0.05, 0) is 49.8 Å². The Balaban J connectivity index is 1.36. The van der Waals surface area contributed by atoms with E-state index in [2.05, 4.69) is 9.80 Å². The number of fused-ring (bicyclic) bond motifs is 5. The van der Waals surface area contributed by atoms with Crippen LogP contribution in [0, 0.1) is 11.8 Å². The third-order valence-corrected chi connectivity index (χ3v) is 6.63. The summed E-state index contributed by atoms with van der Waals surface area (Å²) in [4.78, 5) is 22.4. The molecule has 3 aliphatic rings. The lowest BCUT2D eigenvalue weighted by molar-refractivity contribution is -0.0328. The van der Waals surface area contributed by atoms with Gasteiger partial charge >= 0.3 is 0 Å². The van der Waals surface area contributed by atoms with Crippen molar-refractivity contribution < 1.29 is 0 Å². The predicted octanol–water partition coefficient (Wildman–Crippen LogP) is 2.65. The molecule has 3 aliphatic heterocycles. The fourth-order valence-corrected chi connectivity index (χ4v) is 5.59. The first kappa shape index (κ1) is 16.7. The first-order chi connectivity index (χ1) is 12.7. The Labute approximate surface area is 158 Å². The fourth-order valence-electron chi connectivity index (χ4n) is 5.43. The lowest BCUT2D eigenvalue weighted by atomic mass is 9.76. The summed E-state index contributed by atoms with van der Waals surface area (Å²) in [5, 5.41) is 0.551. The van der Waals surface area contributed by atoms with Gasteiger partial charge in [0.05, 0.1) is 10.7 Å². The average molecular weight is 373 g/mol. The zero-order valence-corrected chi connectivity index (χ0v) is 15.7. The van der Waals surface area contributed by atoms with Crippen molar-refractivity contribution in [3.05, 3.63) is 45.5 Å². The van der Waals surface area contributed by atoms with Crippen LogP contribution >= 0.6 is 11.6 Å². The maximum Gasteiger partial charge on any atom is 0.258 e. The molecule has 3 fully saturated rings. The molecular weight excluding hydrogens is 348 g/mol. The molecule has 0 N–H and O–H groups in total. The standard InChI is InChI=1S/C20H25ClN4O/c21-16-4-5-19-22-17(8-20(26)25(19)12-16)13-23-9-14-7-15(11-23)18-3-1-2-6-24(18)10-14/h4-5,8,12,14-15,18H,1-3,6-7,9-11,13H2/t14-,15+,18-/m0/s1. The van der Waals surface area contributed by atoms with Gasteiger partial charge < -0.3 is 0 Å². The van der Waals surface area contributed by atoms with E-state index in [0.717, 1.165) is 43.2 Å². The number of hydrogen-bond acceptors (Lipinski definition) is 4. The molecule has 0 radical (unpaired) electrons. The molecule has 0 saturated carbocycles. The van der Waals surface area contributed by atoms with E-state index in [4.69, 9.17) is 16.6 Å². The molecule has 5 nitrogen and oxygen atoms in total. The van der Waals surface area contributed by atoms with E-state index in [1.807, 2.05) is 6.07 Å². The summed E-state index contributed by atoms with van der Waals surface area (Å²) < 4.78 is 1.52. The Hall–Kier alpha value is -1.43. The maximum absolute atomic E-state index is 12.4. The third-order valence-electron chi connectivity index (χ3n) is 6.41. The minimum absolute atomic E-state index is 0.0526. The second-order valence-corrected chi connectivity index (χ2v) is 8.71. The summed E-state index contributed by atoms with van der Waals surface area (Å²) in [7, 11) is 0. The van der Waals surface area contributed by atoms with Crippen LogP contribution in [0.4, 0.5) is 0 Å². The van der Waals surface area contributed by atoms with Crippen molar-refractivity contribution in [2.24, 2.45) is 11.8 Å². The van der Waals surface area contributed by atoms with Crippen LogP contribution in [0.25, 0.3) is 5.65 Å². The van der Waals surface area contributed by atoms with Crippen molar-refractivity contribution in [2.75, 3.05) is 26.2 Å². The van der Waals surface area contributed by atoms with Crippen LogP contribution in [-0.4, -0.2) is 51.4 Å². The molecule has 2 aromatic rings. The van der Waals surface area contributed by atoms with Crippen molar-refractivity contribution >= 4 is 17.2 Å². The number of halogens is 1. The molecular formula is C20H25ClN4O. The van der Waals surface area contributed by atoms with Gasteiger partial charge in [-0.1, -0.05) is 18.0 Å². The van der Waals surface area contributed by atoms with E-state index in [1.54, 1.807) is 18.3 Å². The highest BCUT2D eigenvalue weighted by atomic mass is 35.5. The van der Waals surface area contributed by atoms with Gasteiger partial charge in [0.15, 0.2) is 0 Å². The molecule has 0 spiro atoms. The van der Waals surface area contributed by atoms with E-state index < -0.39 is 0 Å². The molecule has 0 amide bonds. The van der Waals surface area contributed by atoms with Gasteiger partial charge in [-0.25, -0.2) is 4.98 Å². The van der Waals surface area contributed by atoms with Gasteiger partial charge in [0.2, 0.25) is 0 Å². The van der Waals surface area contributed by atoms with Crippen molar-refractivity contribution in [3.8, 4) is 0 Å². The van der Waals surface area contributed by atoms with Crippen LogP contribution in [0.5, 0.6) is 0 Å². The molecule has 0 aliphatic carbocycles. The van der Waals surface area contributed by atoms with E-state index in [-0.39, 0.29) is 5.56 Å². The van der Waals surface area contributed by atoms with Crippen LogP contribution in [0.3, 0.4) is 0 Å². The first-order valence-corrected chi connectivity index (χ1v) is 10.2. The smallest absolute Gasteiger partial charge is 0.258 e. The highest BCUT2D eigenvalue weighted by Gasteiger charge is 2.41. The summed E-state index contributed by atoms with van der Waals surface area (Å²) >= 11 is 6.00. The molecule has 2 aromatic heterocycles. The third kappa shape index (κ3) is 3.06. The molecule has 0 unspecified atom stereocenters. The van der Waals surface area contributed by atoms with Gasteiger partial charge in [-0.15, -0.1) is 0 Å². The maximum atomic E-state index is 12.4. The summed E-state index contributed by atoms with van der Waals surface area (Å²) in [5.41, 5.74) is 1.49. The van der Waals surface area contributed by atoms with E-state index in [9.17, 15) is 4.79 Å². The van der Waals surface area contributed by atoms with E-state index in [1.165, 1.54) is 43.2 Å². The highest BCUT2D eigenvalue weighted by molar-refractivity contribution is 6.30. The molecule has 3 saturated heterocycles. The number of aromatic nitrogens is 2. The first-order valence-electron chi connectivity index (χ1n) is 9.80. The van der Waals surface area contributed by atoms with Crippen molar-refractivity contribution in [2.45, 2.75) is 38.3 Å². The number of rotatable bonds is 2. The van der Waals surface area contributed by atoms with Gasteiger partial charge in [0, 0.05) is 44.5 Å². The number of pyridine rings is 1. The van der Waals surface area contributed by atoms with Gasteiger partial charge in [-0.3, -0.25) is 19.0 Å². The van der Waals surface area contributed by atoms with Crippen LogP contribution < -0.4 is 5.56 Å². The number of piperidine rings is 3. The Kier molecular flexibility index (Phi) is 4.26. The Morgan fingerprint density at radius 1 is 1.19 bits per heavy atom. The quantitative estimate of drug-likeness (QED) is 0.812. The Morgan fingerprint density at radius 3 is 3.04 bits per heavy atom. The zero-order valence-electron chi connectivity index (χ0n) is 15.0. The monoisotopic (exact) mass is 372 g/mol. The van der Waals surface area contributed by atoms with Crippen LogP contribution in [0.15, 0.2) is 29.2 Å². The average Bonchev–Trinajstić information content (AvgIpc) is 2.62. The second kappa shape index (κ2) is 6.63. The molecule has 26 heavy (non-hydrogen) atoms. The highest BCUT2D eigenvalue weighted by Crippen LogP contribution is 2.37. The normalized spacial score (nSPS) is 29.7. The SMILES string of the molecule is O=c1cc(CN2C[C@@H]3C[C@H](C2)[C@@H]2CCCCN2C3)nc2ccc(Cl)cn12. The molecule has 138 valence electrons. The number of likely N-dealkylation sites (tertiary alicyclic amines) is 1. The van der Waals surface area contributed by atoms with Gasteiger partial charge in [0.25, 0.3) is 5.56 Å². The van der Waals surface area contributed by atoms with E-state index in [0.29, 0.717) is 10.7 Å². The number of hydrogen-bond donors (Lipinski definition) is 0. The molecule has 2 bridgehead atoms. The summed E-state index contributed by atoms with van der Waals surface area (Å²) in [6, 6.07) is 6.05. The van der Waals surface area contributed by atoms with Crippen molar-refractivity contribution in [1.29, 1.82) is 0 Å².